The Morgan fingerprint density at radius 1 is 1.33 bits per heavy atom. The van der Waals surface area contributed by atoms with Crippen LogP contribution in [0.5, 0.6) is 5.75 Å². The number of nitrogens with zero attached hydrogens (tertiary/aromatic N) is 1. The number of hydrogen-bond acceptors (Lipinski definition) is 3. The molecule has 1 aliphatic rings. The largest absolute Gasteiger partial charge is 0.489 e. The zero-order valence-electron chi connectivity index (χ0n) is 14.2. The van der Waals surface area contributed by atoms with Crippen molar-refractivity contribution in [3.8, 4) is 5.75 Å². The third kappa shape index (κ3) is 7.03. The van der Waals surface area contributed by atoms with Crippen molar-refractivity contribution < 1.29 is 9.84 Å². The molecule has 0 aromatic heterocycles. The van der Waals surface area contributed by atoms with Crippen molar-refractivity contribution >= 4 is 41.5 Å². The summed E-state index contributed by atoms with van der Waals surface area (Å²) < 4.78 is 5.82. The second-order valence-electron chi connectivity index (χ2n) is 6.04. The van der Waals surface area contributed by atoms with E-state index in [1.165, 1.54) is 0 Å². The average Bonchev–Trinajstić information content (AvgIpc) is 2.50. The zero-order valence-corrected chi connectivity index (χ0v) is 17.3. The number of hydrogen-bond donors (Lipinski definition) is 3. The smallest absolute Gasteiger partial charge is 0.191 e. The molecule has 0 heterocycles. The molecule has 0 bridgehead atoms. The lowest BCUT2D eigenvalue weighted by Crippen LogP contribution is -2.45. The van der Waals surface area contributed by atoms with Gasteiger partial charge in [0.05, 0.1) is 18.7 Å². The van der Waals surface area contributed by atoms with Crippen LogP contribution in [0.25, 0.3) is 0 Å². The van der Waals surface area contributed by atoms with Gasteiger partial charge in [0.15, 0.2) is 5.96 Å². The van der Waals surface area contributed by atoms with Crippen molar-refractivity contribution in [1.29, 1.82) is 0 Å². The highest BCUT2D eigenvalue weighted by atomic mass is 127. The first-order valence-corrected chi connectivity index (χ1v) is 8.55. The molecule has 0 saturated heterocycles. The molecule has 1 fully saturated rings. The first-order chi connectivity index (χ1) is 11.0. The highest BCUT2D eigenvalue weighted by molar-refractivity contribution is 14.0. The first kappa shape index (κ1) is 21.3. The van der Waals surface area contributed by atoms with Gasteiger partial charge in [-0.05, 0) is 57.4 Å². The van der Waals surface area contributed by atoms with E-state index in [2.05, 4.69) is 15.6 Å². The topological polar surface area (TPSA) is 65.9 Å². The Bertz CT molecular complexity index is 521. The maximum atomic E-state index is 10.1. The first-order valence-electron chi connectivity index (χ1n) is 8.17. The van der Waals surface area contributed by atoms with Gasteiger partial charge in [0.1, 0.15) is 11.9 Å². The summed E-state index contributed by atoms with van der Waals surface area (Å²) in [6.45, 7) is 5.84. The third-order valence-corrected chi connectivity index (χ3v) is 4.12. The predicted octanol–water partition coefficient (Wildman–Crippen LogP) is 3.20. The minimum absolute atomic E-state index is 0. The SMILES string of the molecule is CCNC(=NCC1(O)CCC1)NCC(C)Oc1ccc(Cl)cc1.I. The summed E-state index contributed by atoms with van der Waals surface area (Å²) in [5, 5.41) is 17.3. The van der Waals surface area contributed by atoms with Crippen LogP contribution in [0, 0.1) is 0 Å². The molecular formula is C17H27ClIN3O2. The second kappa shape index (κ2) is 10.3. The molecule has 24 heavy (non-hydrogen) atoms. The maximum absolute atomic E-state index is 10.1. The lowest BCUT2D eigenvalue weighted by Gasteiger charge is -2.35. The Balaban J connectivity index is 0.00000288. The number of aliphatic imine (C=N–C) groups is 1. The highest BCUT2D eigenvalue weighted by Gasteiger charge is 2.34. The molecule has 0 spiro atoms. The predicted molar refractivity (Wildman–Crippen MR) is 110 cm³/mol. The number of benzene rings is 1. The lowest BCUT2D eigenvalue weighted by molar-refractivity contribution is -0.0236. The number of guanidine groups is 1. The Morgan fingerprint density at radius 2 is 2.00 bits per heavy atom. The van der Waals surface area contributed by atoms with Gasteiger partial charge in [-0.1, -0.05) is 11.6 Å². The molecule has 1 unspecified atom stereocenters. The van der Waals surface area contributed by atoms with Crippen LogP contribution in [-0.4, -0.2) is 42.4 Å². The van der Waals surface area contributed by atoms with Crippen LogP contribution in [0.1, 0.15) is 33.1 Å². The van der Waals surface area contributed by atoms with Crippen molar-refractivity contribution in [3.05, 3.63) is 29.3 Å². The van der Waals surface area contributed by atoms with E-state index in [4.69, 9.17) is 16.3 Å². The number of aliphatic hydroxyl groups is 1. The quantitative estimate of drug-likeness (QED) is 0.327. The van der Waals surface area contributed by atoms with Gasteiger partial charge < -0.3 is 20.5 Å². The molecule has 7 heteroatoms. The molecule has 1 saturated carbocycles. The van der Waals surface area contributed by atoms with E-state index in [0.29, 0.717) is 24.1 Å². The van der Waals surface area contributed by atoms with Gasteiger partial charge in [-0.15, -0.1) is 24.0 Å². The van der Waals surface area contributed by atoms with Gasteiger partial charge in [0.25, 0.3) is 0 Å². The number of ether oxygens (including phenoxy) is 1. The molecule has 1 atom stereocenters. The van der Waals surface area contributed by atoms with Crippen molar-refractivity contribution in [2.75, 3.05) is 19.6 Å². The van der Waals surface area contributed by atoms with Crippen LogP contribution in [0.4, 0.5) is 0 Å². The van der Waals surface area contributed by atoms with Gasteiger partial charge in [0.2, 0.25) is 0 Å². The van der Waals surface area contributed by atoms with Gasteiger partial charge >= 0.3 is 0 Å². The standard InChI is InChI=1S/C17H26ClN3O2.HI/c1-3-19-16(21-12-17(22)9-4-10-17)20-11-13(2)23-15-7-5-14(18)6-8-15;/h5-8,13,22H,3-4,9-12H2,1-2H3,(H2,19,20,21);1H. The molecule has 136 valence electrons. The van der Waals surface area contributed by atoms with E-state index in [9.17, 15) is 5.11 Å². The molecule has 2 rings (SSSR count). The van der Waals surface area contributed by atoms with Gasteiger partial charge in [-0.3, -0.25) is 4.99 Å². The fourth-order valence-electron chi connectivity index (χ4n) is 2.34. The Labute approximate surface area is 166 Å². The fraction of sp³-hybridized carbons (Fsp3) is 0.588. The van der Waals surface area contributed by atoms with Gasteiger partial charge in [-0.2, -0.15) is 0 Å². The van der Waals surface area contributed by atoms with Crippen LogP contribution in [0.15, 0.2) is 29.3 Å². The molecule has 3 N–H and O–H groups in total. The molecule has 5 nitrogen and oxygen atoms in total. The average molecular weight is 468 g/mol. The Hall–Kier alpha value is -0.730. The number of rotatable bonds is 7. The molecular weight excluding hydrogens is 441 g/mol. The van der Waals surface area contributed by atoms with Crippen LogP contribution in [-0.2, 0) is 0 Å². The minimum atomic E-state index is -0.603. The summed E-state index contributed by atoms with van der Waals surface area (Å²) in [6.07, 6.45) is 2.74. The lowest BCUT2D eigenvalue weighted by atomic mass is 9.80. The van der Waals surface area contributed by atoms with Crippen LogP contribution >= 0.6 is 35.6 Å². The van der Waals surface area contributed by atoms with Crippen molar-refractivity contribution in [1.82, 2.24) is 10.6 Å². The van der Waals surface area contributed by atoms with Crippen molar-refractivity contribution in [2.45, 2.75) is 44.8 Å². The van der Waals surface area contributed by atoms with Crippen molar-refractivity contribution in [3.63, 3.8) is 0 Å². The molecule has 0 amide bonds. The van der Waals surface area contributed by atoms with Gasteiger partial charge in [-0.25, -0.2) is 0 Å². The Kier molecular flexibility index (Phi) is 9.15. The summed E-state index contributed by atoms with van der Waals surface area (Å²) in [5.74, 6) is 1.49. The summed E-state index contributed by atoms with van der Waals surface area (Å²) in [5.41, 5.74) is -0.603. The maximum Gasteiger partial charge on any atom is 0.191 e. The molecule has 1 aliphatic carbocycles. The van der Waals surface area contributed by atoms with E-state index in [0.717, 1.165) is 31.6 Å². The number of nitrogens with one attached hydrogen (secondary N) is 2. The minimum Gasteiger partial charge on any atom is -0.489 e. The molecule has 0 radical (unpaired) electrons. The van der Waals surface area contributed by atoms with E-state index < -0.39 is 5.60 Å². The van der Waals surface area contributed by atoms with Crippen LogP contribution < -0.4 is 15.4 Å². The Morgan fingerprint density at radius 3 is 2.54 bits per heavy atom. The second-order valence-corrected chi connectivity index (χ2v) is 6.47. The van der Waals surface area contributed by atoms with Gasteiger partial charge in [0, 0.05) is 11.6 Å². The van der Waals surface area contributed by atoms with E-state index >= 15 is 0 Å². The van der Waals surface area contributed by atoms with Crippen LogP contribution in [0.2, 0.25) is 5.02 Å². The monoisotopic (exact) mass is 467 g/mol. The zero-order chi connectivity index (χ0) is 16.7. The third-order valence-electron chi connectivity index (χ3n) is 3.87. The van der Waals surface area contributed by atoms with E-state index in [1.807, 2.05) is 38.1 Å². The molecule has 1 aromatic rings. The van der Waals surface area contributed by atoms with Crippen molar-refractivity contribution in [2.24, 2.45) is 4.99 Å². The van der Waals surface area contributed by atoms with E-state index in [-0.39, 0.29) is 30.1 Å². The van der Waals surface area contributed by atoms with Crippen LogP contribution in [0.3, 0.4) is 0 Å². The molecule has 1 aromatic carbocycles. The highest BCUT2D eigenvalue weighted by Crippen LogP contribution is 2.31. The summed E-state index contributed by atoms with van der Waals surface area (Å²) in [6, 6.07) is 7.32. The summed E-state index contributed by atoms with van der Waals surface area (Å²) in [7, 11) is 0. The van der Waals surface area contributed by atoms with E-state index in [1.54, 1.807) is 0 Å². The number of halogens is 2. The normalized spacial score (nSPS) is 17.2. The molecule has 0 aliphatic heterocycles. The summed E-state index contributed by atoms with van der Waals surface area (Å²) in [4.78, 5) is 4.47. The summed E-state index contributed by atoms with van der Waals surface area (Å²) >= 11 is 5.86. The fourth-order valence-corrected chi connectivity index (χ4v) is 2.46.